The van der Waals surface area contributed by atoms with Crippen molar-refractivity contribution in [3.8, 4) is 5.75 Å². The van der Waals surface area contributed by atoms with Crippen molar-refractivity contribution >= 4 is 33.5 Å². The fourth-order valence-electron chi connectivity index (χ4n) is 4.82. The van der Waals surface area contributed by atoms with Crippen LogP contribution in [0.2, 0.25) is 0 Å². The van der Waals surface area contributed by atoms with Gasteiger partial charge in [0.1, 0.15) is 17.9 Å². The van der Waals surface area contributed by atoms with Gasteiger partial charge in [-0.3, -0.25) is 19.2 Å². The summed E-state index contributed by atoms with van der Waals surface area (Å²) in [5, 5.41) is 0. The van der Waals surface area contributed by atoms with Crippen LogP contribution in [0.1, 0.15) is 76.3 Å². The topological polar surface area (TPSA) is 119 Å². The van der Waals surface area contributed by atoms with Gasteiger partial charge in [0.05, 0.1) is 35.4 Å². The van der Waals surface area contributed by atoms with Gasteiger partial charge in [0.2, 0.25) is 0 Å². The highest BCUT2D eigenvalue weighted by Gasteiger charge is 2.35. The molecule has 1 aliphatic heterocycles. The second-order valence-electron chi connectivity index (χ2n) is 11.3. The molecular formula is C32H36N2O7S. The average molecular weight is 593 g/mol. The van der Waals surface area contributed by atoms with Crippen LogP contribution in [0.5, 0.6) is 5.75 Å². The summed E-state index contributed by atoms with van der Waals surface area (Å²) in [6.07, 6.45) is 1.81. The number of hydrogen-bond donors (Lipinski definition) is 1. The van der Waals surface area contributed by atoms with E-state index in [4.69, 9.17) is 9.47 Å². The van der Waals surface area contributed by atoms with Crippen LogP contribution in [0.3, 0.4) is 0 Å². The Morgan fingerprint density at radius 2 is 1.52 bits per heavy atom. The number of carbonyl (C=O) groups is 3. The summed E-state index contributed by atoms with van der Waals surface area (Å²) >= 11 is 0. The molecule has 0 aliphatic carbocycles. The van der Waals surface area contributed by atoms with Crippen molar-refractivity contribution in [2.45, 2.75) is 51.9 Å². The van der Waals surface area contributed by atoms with E-state index in [9.17, 15) is 22.8 Å². The van der Waals surface area contributed by atoms with E-state index in [0.29, 0.717) is 35.1 Å². The molecule has 0 fully saturated rings. The number of anilines is 1. The Bertz CT molecular complexity index is 1590. The molecule has 1 N–H and O–H groups in total. The normalized spacial score (nSPS) is 13.2. The molecule has 1 heterocycles. The van der Waals surface area contributed by atoms with Crippen LogP contribution in [0, 0.1) is 5.41 Å². The average Bonchev–Trinajstić information content (AvgIpc) is 3.20. The predicted octanol–water partition coefficient (Wildman–Crippen LogP) is 5.49. The molecule has 0 unspecified atom stereocenters. The molecule has 3 aromatic rings. The van der Waals surface area contributed by atoms with Gasteiger partial charge in [-0.1, -0.05) is 64.1 Å². The van der Waals surface area contributed by atoms with Crippen LogP contribution in [0.4, 0.5) is 5.69 Å². The number of nitrogens with one attached hydrogen (secondary N) is 1. The highest BCUT2D eigenvalue weighted by atomic mass is 32.2. The number of benzene rings is 3. The molecule has 0 radical (unpaired) electrons. The summed E-state index contributed by atoms with van der Waals surface area (Å²) in [6, 6.07) is 16.5. The number of methoxy groups -OCH3 is 1. The Morgan fingerprint density at radius 3 is 2.12 bits per heavy atom. The molecule has 0 bridgehead atoms. The lowest BCUT2D eigenvalue weighted by atomic mass is 9.89. The number of rotatable bonds is 11. The monoisotopic (exact) mass is 592 g/mol. The van der Waals surface area contributed by atoms with Crippen molar-refractivity contribution in [2.24, 2.45) is 5.41 Å². The van der Waals surface area contributed by atoms with E-state index in [0.717, 1.165) is 11.3 Å². The third-order valence-corrected chi connectivity index (χ3v) is 8.57. The van der Waals surface area contributed by atoms with E-state index >= 15 is 0 Å². The summed E-state index contributed by atoms with van der Waals surface area (Å²) in [5.74, 6) is -1.51. The highest BCUT2D eigenvalue weighted by Crippen LogP contribution is 2.34. The molecule has 0 atom stereocenters. The molecule has 222 valence electrons. The Hall–Kier alpha value is -4.18. The summed E-state index contributed by atoms with van der Waals surface area (Å²) in [7, 11) is -2.90. The Balaban J connectivity index is 1.63. The number of aryl methyl sites for hydroxylation is 2. The summed E-state index contributed by atoms with van der Waals surface area (Å²) < 4.78 is 40.9. The van der Waals surface area contributed by atoms with E-state index in [-0.39, 0.29) is 40.5 Å². The van der Waals surface area contributed by atoms with Crippen molar-refractivity contribution in [1.82, 2.24) is 4.90 Å². The van der Waals surface area contributed by atoms with Gasteiger partial charge in [-0.15, -0.1) is 0 Å². The van der Waals surface area contributed by atoms with Crippen LogP contribution < -0.4 is 9.46 Å². The van der Waals surface area contributed by atoms with Crippen molar-refractivity contribution < 1.29 is 32.3 Å². The number of hydrogen-bond acceptors (Lipinski definition) is 7. The number of imide groups is 1. The fraction of sp³-hybridized carbons (Fsp3) is 0.344. The van der Waals surface area contributed by atoms with Gasteiger partial charge in [-0.25, -0.2) is 13.2 Å². The minimum absolute atomic E-state index is 0.000375. The first-order valence-corrected chi connectivity index (χ1v) is 15.3. The van der Waals surface area contributed by atoms with Gasteiger partial charge in [-0.2, -0.15) is 0 Å². The second-order valence-corrected chi connectivity index (χ2v) is 12.9. The third-order valence-electron chi connectivity index (χ3n) is 7.10. The number of carbonyl (C=O) groups excluding carboxylic acids is 3. The number of ether oxygens (including phenoxy) is 2. The summed E-state index contributed by atoms with van der Waals surface area (Å²) in [4.78, 5) is 39.8. The third kappa shape index (κ3) is 6.49. The molecule has 0 aromatic heterocycles. The highest BCUT2D eigenvalue weighted by molar-refractivity contribution is 7.92. The van der Waals surface area contributed by atoms with E-state index in [1.807, 2.05) is 6.92 Å². The molecule has 9 nitrogen and oxygen atoms in total. The maximum absolute atomic E-state index is 13.7. The number of nitrogens with zero attached hydrogens (tertiary/aromatic N) is 1. The van der Waals surface area contributed by atoms with Crippen LogP contribution in [-0.4, -0.2) is 51.4 Å². The zero-order valence-electron chi connectivity index (χ0n) is 24.5. The quantitative estimate of drug-likeness (QED) is 0.231. The Kier molecular flexibility index (Phi) is 9.06. The van der Waals surface area contributed by atoms with Gasteiger partial charge < -0.3 is 9.47 Å². The maximum atomic E-state index is 13.7. The number of sulfonamides is 1. The number of esters is 1. The molecule has 2 amide bonds. The Labute approximate surface area is 246 Å². The van der Waals surface area contributed by atoms with Crippen LogP contribution in [0.15, 0.2) is 65.6 Å². The molecule has 42 heavy (non-hydrogen) atoms. The lowest BCUT2D eigenvalue weighted by molar-refractivity contribution is 0.0583. The van der Waals surface area contributed by atoms with E-state index in [2.05, 4.69) is 25.5 Å². The first-order chi connectivity index (χ1) is 19.9. The zero-order valence-corrected chi connectivity index (χ0v) is 25.3. The van der Waals surface area contributed by atoms with Crippen molar-refractivity contribution in [3.05, 3.63) is 88.5 Å². The van der Waals surface area contributed by atoms with Gasteiger partial charge in [0.15, 0.2) is 0 Å². The minimum atomic E-state index is -4.10. The zero-order chi connectivity index (χ0) is 30.7. The maximum Gasteiger partial charge on any atom is 0.343 e. The van der Waals surface area contributed by atoms with Gasteiger partial charge >= 0.3 is 5.97 Å². The molecular weight excluding hydrogens is 556 g/mol. The molecule has 1 aliphatic rings. The van der Waals surface area contributed by atoms with E-state index in [1.165, 1.54) is 19.2 Å². The molecule has 3 aromatic carbocycles. The predicted molar refractivity (Wildman–Crippen MR) is 159 cm³/mol. The minimum Gasteiger partial charge on any atom is -0.490 e. The molecule has 0 spiro atoms. The van der Waals surface area contributed by atoms with Gasteiger partial charge in [0.25, 0.3) is 21.8 Å². The lowest BCUT2D eigenvalue weighted by Crippen LogP contribution is -2.33. The van der Waals surface area contributed by atoms with Crippen LogP contribution in [0.25, 0.3) is 0 Å². The fourth-order valence-corrected chi connectivity index (χ4v) is 6.16. The standard InChI is InChI=1S/C32H36N2O7S/c1-6-21-15-16-25(33-42(38,39)26-14-10-7-11-22(26)17-18-32(2,3)4)27(31(37)40-5)28(21)41-20-19-34-29(35)23-12-8-9-13-24(23)30(34)36/h7-16,33H,6,17-20H2,1-5H3. The SMILES string of the molecule is CCc1ccc(NS(=O)(=O)c2ccccc2CCC(C)(C)C)c(C(=O)OC)c1OCCN1C(=O)c2ccccc2C1=O. The Morgan fingerprint density at radius 1 is 0.905 bits per heavy atom. The largest absolute Gasteiger partial charge is 0.490 e. The number of fused-ring (bicyclic) bond motifs is 1. The lowest BCUT2D eigenvalue weighted by Gasteiger charge is -2.21. The van der Waals surface area contributed by atoms with Gasteiger partial charge in [-0.05, 0) is 60.1 Å². The van der Waals surface area contributed by atoms with E-state index < -0.39 is 27.8 Å². The molecule has 10 heteroatoms. The van der Waals surface area contributed by atoms with Crippen molar-refractivity contribution in [3.63, 3.8) is 0 Å². The molecule has 0 saturated carbocycles. The van der Waals surface area contributed by atoms with E-state index in [1.54, 1.807) is 48.5 Å². The first kappa shape index (κ1) is 30.8. The summed E-state index contributed by atoms with van der Waals surface area (Å²) in [5.41, 5.74) is 1.87. The second kappa shape index (κ2) is 12.4. The molecule has 4 rings (SSSR count). The van der Waals surface area contributed by atoms with Crippen molar-refractivity contribution in [2.75, 3.05) is 25.0 Å². The van der Waals surface area contributed by atoms with Crippen molar-refractivity contribution in [1.29, 1.82) is 0 Å². The van der Waals surface area contributed by atoms with Crippen LogP contribution >= 0.6 is 0 Å². The van der Waals surface area contributed by atoms with Gasteiger partial charge in [0, 0.05) is 0 Å². The summed E-state index contributed by atoms with van der Waals surface area (Å²) in [6.45, 7) is 7.97. The molecule has 0 saturated heterocycles. The first-order valence-electron chi connectivity index (χ1n) is 13.8. The van der Waals surface area contributed by atoms with Crippen LogP contribution in [-0.2, 0) is 27.6 Å². The number of amides is 2. The smallest absolute Gasteiger partial charge is 0.343 e.